The first-order valence-corrected chi connectivity index (χ1v) is 7.45. The van der Waals surface area contributed by atoms with E-state index in [9.17, 15) is 18.0 Å². The first-order valence-electron chi connectivity index (χ1n) is 7.45. The Bertz CT molecular complexity index is 938. The molecule has 0 radical (unpaired) electrons. The smallest absolute Gasteiger partial charge is 0.360 e. The predicted octanol–water partition coefficient (Wildman–Crippen LogP) is 4.39. The van der Waals surface area contributed by atoms with Gasteiger partial charge in [-0.2, -0.15) is 13.2 Å². The average molecular weight is 362 g/mol. The summed E-state index contributed by atoms with van der Waals surface area (Å²) >= 11 is 0. The normalized spacial score (nSPS) is 11.2. The van der Waals surface area contributed by atoms with Crippen LogP contribution >= 0.6 is 0 Å². The van der Waals surface area contributed by atoms with Gasteiger partial charge in [-0.05, 0) is 31.2 Å². The second-order valence-corrected chi connectivity index (χ2v) is 5.44. The van der Waals surface area contributed by atoms with E-state index in [1.807, 2.05) is 0 Å². The number of alkyl halides is 3. The van der Waals surface area contributed by atoms with Crippen molar-refractivity contribution in [2.75, 3.05) is 10.6 Å². The van der Waals surface area contributed by atoms with Gasteiger partial charge in [0.2, 0.25) is 0 Å². The molecule has 0 unspecified atom stereocenters. The first-order chi connectivity index (χ1) is 12.3. The molecule has 0 aliphatic carbocycles. The second-order valence-electron chi connectivity index (χ2n) is 5.44. The summed E-state index contributed by atoms with van der Waals surface area (Å²) in [5.41, 5.74) is -0.150. The Morgan fingerprint density at radius 3 is 2.62 bits per heavy atom. The molecule has 2 N–H and O–H groups in total. The minimum absolute atomic E-state index is 0.0373. The van der Waals surface area contributed by atoms with Crippen LogP contribution in [0.15, 0.2) is 53.3 Å². The van der Waals surface area contributed by atoms with Crippen LogP contribution in [0.5, 0.6) is 0 Å². The van der Waals surface area contributed by atoms with Gasteiger partial charge in [0.05, 0.1) is 23.0 Å². The quantitative estimate of drug-likeness (QED) is 0.719. The summed E-state index contributed by atoms with van der Waals surface area (Å²) in [6, 6.07) is 7.56. The van der Waals surface area contributed by atoms with Gasteiger partial charge in [0.25, 0.3) is 5.91 Å². The Balaban J connectivity index is 1.75. The van der Waals surface area contributed by atoms with Crippen molar-refractivity contribution < 1.29 is 22.5 Å². The van der Waals surface area contributed by atoms with Crippen molar-refractivity contribution in [3.8, 4) is 0 Å². The molecule has 134 valence electrons. The molecular formula is C17H13F3N4O2. The van der Waals surface area contributed by atoms with Gasteiger partial charge in [-0.3, -0.25) is 9.78 Å². The van der Waals surface area contributed by atoms with Crippen molar-refractivity contribution in [3.63, 3.8) is 0 Å². The number of aryl methyl sites for hydroxylation is 1. The number of carbonyl (C=O) groups is 1. The van der Waals surface area contributed by atoms with Gasteiger partial charge < -0.3 is 15.2 Å². The maximum atomic E-state index is 12.7. The van der Waals surface area contributed by atoms with Gasteiger partial charge in [-0.25, -0.2) is 0 Å². The number of nitrogens with one attached hydrogen (secondary N) is 2. The summed E-state index contributed by atoms with van der Waals surface area (Å²) in [6.45, 7) is 1.73. The second kappa shape index (κ2) is 6.87. The molecular weight excluding hydrogens is 349 g/mol. The molecule has 0 saturated heterocycles. The molecule has 0 atom stereocenters. The van der Waals surface area contributed by atoms with E-state index in [1.54, 1.807) is 13.0 Å². The lowest BCUT2D eigenvalue weighted by atomic mass is 10.2. The summed E-state index contributed by atoms with van der Waals surface area (Å²) < 4.78 is 43.2. The van der Waals surface area contributed by atoms with Gasteiger partial charge >= 0.3 is 6.18 Å². The number of hydrogen-bond acceptors (Lipinski definition) is 5. The molecule has 3 aromatic rings. The maximum absolute atomic E-state index is 12.7. The van der Waals surface area contributed by atoms with E-state index in [4.69, 9.17) is 4.52 Å². The third-order valence-corrected chi connectivity index (χ3v) is 3.35. The van der Waals surface area contributed by atoms with E-state index in [1.165, 1.54) is 30.6 Å². The fraction of sp³-hybridized carbons (Fsp3) is 0.118. The molecule has 0 fully saturated rings. The Morgan fingerprint density at radius 1 is 1.12 bits per heavy atom. The minimum atomic E-state index is -4.48. The number of nitrogens with zero attached hydrogens (tertiary/aromatic N) is 2. The Labute approximate surface area is 146 Å². The van der Waals surface area contributed by atoms with Crippen molar-refractivity contribution in [1.29, 1.82) is 0 Å². The van der Waals surface area contributed by atoms with E-state index < -0.39 is 17.6 Å². The fourth-order valence-electron chi connectivity index (χ4n) is 2.18. The summed E-state index contributed by atoms with van der Waals surface area (Å²) in [7, 11) is 0. The van der Waals surface area contributed by atoms with E-state index in [0.29, 0.717) is 17.3 Å². The lowest BCUT2D eigenvalue weighted by molar-refractivity contribution is -0.137. The monoisotopic (exact) mass is 362 g/mol. The zero-order chi connectivity index (χ0) is 18.7. The largest absolute Gasteiger partial charge is 0.416 e. The lowest BCUT2D eigenvalue weighted by Gasteiger charge is -2.10. The molecule has 0 spiro atoms. The standard InChI is InChI=1S/C17H13F3N4O2/c1-10-5-15(24-26-10)22-14-6-11(8-21-9-14)16(25)23-13-4-2-3-12(7-13)17(18,19)20/h2-9H,1H3,(H,22,24)(H,23,25). The van der Waals surface area contributed by atoms with Crippen LogP contribution in [-0.2, 0) is 6.18 Å². The van der Waals surface area contributed by atoms with Gasteiger partial charge in [0, 0.05) is 18.0 Å². The molecule has 9 heteroatoms. The number of halogens is 3. The van der Waals surface area contributed by atoms with E-state index >= 15 is 0 Å². The molecule has 2 heterocycles. The predicted molar refractivity (Wildman–Crippen MR) is 88.2 cm³/mol. The van der Waals surface area contributed by atoms with Gasteiger partial charge in [-0.15, -0.1) is 0 Å². The molecule has 0 bridgehead atoms. The molecule has 1 aromatic carbocycles. The number of carbonyl (C=O) groups excluding carboxylic acids is 1. The van der Waals surface area contributed by atoms with Crippen molar-refractivity contribution in [2.24, 2.45) is 0 Å². The molecule has 2 aromatic heterocycles. The highest BCUT2D eigenvalue weighted by Crippen LogP contribution is 2.30. The molecule has 0 saturated carbocycles. The summed E-state index contributed by atoms with van der Waals surface area (Å²) in [6.07, 6.45) is -1.70. The SMILES string of the molecule is Cc1cc(Nc2cncc(C(=O)Nc3cccc(C(F)(F)F)c3)c2)no1. The zero-order valence-corrected chi connectivity index (χ0v) is 13.5. The van der Waals surface area contributed by atoms with Gasteiger partial charge in [0.15, 0.2) is 5.82 Å². The van der Waals surface area contributed by atoms with Crippen LogP contribution in [0.2, 0.25) is 0 Å². The topological polar surface area (TPSA) is 80.0 Å². The van der Waals surface area contributed by atoms with Gasteiger partial charge in [0.1, 0.15) is 5.76 Å². The summed E-state index contributed by atoms with van der Waals surface area (Å²) in [5.74, 6) is 0.468. The molecule has 0 aliphatic heterocycles. The number of hydrogen-bond donors (Lipinski definition) is 2. The number of pyridine rings is 1. The van der Waals surface area contributed by atoms with Crippen molar-refractivity contribution in [3.05, 3.63) is 65.7 Å². The van der Waals surface area contributed by atoms with Crippen LogP contribution < -0.4 is 10.6 Å². The average Bonchev–Trinajstić information content (AvgIpc) is 2.99. The molecule has 6 nitrogen and oxygen atoms in total. The molecule has 3 rings (SSSR count). The van der Waals surface area contributed by atoms with Crippen LogP contribution in [0, 0.1) is 6.92 Å². The van der Waals surface area contributed by atoms with E-state index in [0.717, 1.165) is 12.1 Å². The molecule has 1 amide bonds. The Morgan fingerprint density at radius 2 is 1.92 bits per heavy atom. The third-order valence-electron chi connectivity index (χ3n) is 3.35. The highest BCUT2D eigenvalue weighted by atomic mass is 19.4. The number of anilines is 3. The van der Waals surface area contributed by atoms with Crippen molar-refractivity contribution in [2.45, 2.75) is 13.1 Å². The number of amides is 1. The van der Waals surface area contributed by atoms with Crippen LogP contribution in [-0.4, -0.2) is 16.0 Å². The van der Waals surface area contributed by atoms with Crippen LogP contribution in [0.1, 0.15) is 21.7 Å². The fourth-order valence-corrected chi connectivity index (χ4v) is 2.18. The van der Waals surface area contributed by atoms with E-state index in [-0.39, 0.29) is 11.3 Å². The zero-order valence-electron chi connectivity index (χ0n) is 13.5. The number of aromatic nitrogens is 2. The first kappa shape index (κ1) is 17.5. The highest BCUT2D eigenvalue weighted by molar-refractivity contribution is 6.04. The van der Waals surface area contributed by atoms with Crippen molar-refractivity contribution >= 4 is 23.1 Å². The van der Waals surface area contributed by atoms with E-state index in [2.05, 4.69) is 20.8 Å². The summed E-state index contributed by atoms with van der Waals surface area (Å²) in [4.78, 5) is 16.2. The van der Waals surface area contributed by atoms with Crippen LogP contribution in [0.25, 0.3) is 0 Å². The minimum Gasteiger partial charge on any atom is -0.360 e. The Kier molecular flexibility index (Phi) is 4.61. The van der Waals surface area contributed by atoms with Crippen molar-refractivity contribution in [1.82, 2.24) is 10.1 Å². The Hall–Kier alpha value is -3.36. The third kappa shape index (κ3) is 4.18. The van der Waals surface area contributed by atoms with Gasteiger partial charge in [-0.1, -0.05) is 11.2 Å². The summed E-state index contributed by atoms with van der Waals surface area (Å²) in [5, 5.41) is 9.11. The van der Waals surface area contributed by atoms with Crippen LogP contribution in [0.3, 0.4) is 0 Å². The lowest BCUT2D eigenvalue weighted by Crippen LogP contribution is -2.13. The molecule has 26 heavy (non-hydrogen) atoms. The number of benzene rings is 1. The molecule has 0 aliphatic rings. The maximum Gasteiger partial charge on any atom is 0.416 e. The highest BCUT2D eigenvalue weighted by Gasteiger charge is 2.30. The van der Waals surface area contributed by atoms with Crippen LogP contribution in [0.4, 0.5) is 30.4 Å². The number of rotatable bonds is 4.